The zero-order valence-electron chi connectivity index (χ0n) is 5.79. The summed E-state index contributed by atoms with van der Waals surface area (Å²) in [4.78, 5) is 8.61. The van der Waals surface area contributed by atoms with E-state index < -0.39 is 0 Å². The molecule has 0 amide bonds. The van der Waals surface area contributed by atoms with Crippen LogP contribution in [-0.2, 0) is 6.42 Å². The van der Waals surface area contributed by atoms with Gasteiger partial charge in [0.2, 0.25) is 0 Å². The van der Waals surface area contributed by atoms with Gasteiger partial charge in [0.15, 0.2) is 0 Å². The molecule has 2 nitrogen and oxygen atoms in total. The van der Waals surface area contributed by atoms with Gasteiger partial charge in [0.05, 0.1) is 0 Å². The Balaban J connectivity index is 2.59. The predicted molar refractivity (Wildman–Crippen MR) is 44.1 cm³/mol. The second-order valence-corrected chi connectivity index (χ2v) is 3.71. The van der Waals surface area contributed by atoms with Crippen LogP contribution in [0.4, 0.5) is 0 Å². The van der Waals surface area contributed by atoms with Crippen molar-refractivity contribution >= 4 is 15.9 Å². The summed E-state index contributed by atoms with van der Waals surface area (Å²) in [6.45, 7) is 2.08. The highest BCUT2D eigenvalue weighted by atomic mass is 79.9. The third-order valence-electron chi connectivity index (χ3n) is 1.08. The molecule has 0 spiro atoms. The average Bonchev–Trinajstić information content (AvgIpc) is 1.88. The molecule has 0 aromatic carbocycles. The predicted octanol–water partition coefficient (Wildman–Crippen LogP) is 1.80. The van der Waals surface area contributed by atoms with Gasteiger partial charge < -0.3 is 0 Å². The van der Waals surface area contributed by atoms with Gasteiger partial charge in [-0.15, -0.1) is 0 Å². The maximum atomic E-state index is 4.08. The van der Waals surface area contributed by atoms with Gasteiger partial charge in [0.25, 0.3) is 0 Å². The van der Waals surface area contributed by atoms with Crippen molar-refractivity contribution in [1.29, 1.82) is 0 Å². The first-order valence-electron chi connectivity index (χ1n) is 3.19. The molecule has 0 fully saturated rings. The van der Waals surface area contributed by atoms with Gasteiger partial charge in [-0.3, -0.25) is 0 Å². The molecule has 1 heterocycles. The fourth-order valence-corrected chi connectivity index (χ4v) is 0.977. The Hall–Kier alpha value is -0.440. The van der Waals surface area contributed by atoms with Crippen LogP contribution in [0.15, 0.2) is 18.5 Å². The molecule has 1 aromatic heterocycles. The highest BCUT2D eigenvalue weighted by molar-refractivity contribution is 9.09. The van der Waals surface area contributed by atoms with E-state index in [1.54, 1.807) is 12.4 Å². The Kier molecular flexibility index (Phi) is 2.81. The van der Waals surface area contributed by atoms with Crippen LogP contribution >= 0.6 is 15.9 Å². The maximum Gasteiger partial charge on any atom is 0.129 e. The minimum Gasteiger partial charge on any atom is -0.241 e. The topological polar surface area (TPSA) is 25.8 Å². The Morgan fingerprint density at radius 2 is 2.10 bits per heavy atom. The SMILES string of the molecule is CC(Br)Cc1ncccn1. The van der Waals surface area contributed by atoms with Gasteiger partial charge in [-0.05, 0) is 6.07 Å². The Morgan fingerprint density at radius 3 is 2.60 bits per heavy atom. The minimum absolute atomic E-state index is 0.454. The van der Waals surface area contributed by atoms with E-state index in [4.69, 9.17) is 0 Å². The highest BCUT2D eigenvalue weighted by Crippen LogP contribution is 2.03. The van der Waals surface area contributed by atoms with Crippen molar-refractivity contribution in [2.75, 3.05) is 0 Å². The molecular formula is C7H9BrN2. The Bertz CT molecular complexity index is 186. The standard InChI is InChI=1S/C7H9BrN2/c1-6(8)5-7-9-3-2-4-10-7/h2-4,6H,5H2,1H3. The van der Waals surface area contributed by atoms with E-state index in [1.807, 2.05) is 6.07 Å². The van der Waals surface area contributed by atoms with Crippen LogP contribution in [0.2, 0.25) is 0 Å². The lowest BCUT2D eigenvalue weighted by molar-refractivity contribution is 0.858. The Labute approximate surface area is 68.8 Å². The van der Waals surface area contributed by atoms with Crippen LogP contribution < -0.4 is 0 Å². The van der Waals surface area contributed by atoms with E-state index in [9.17, 15) is 0 Å². The third kappa shape index (κ3) is 2.43. The van der Waals surface area contributed by atoms with E-state index in [0.29, 0.717) is 4.83 Å². The van der Waals surface area contributed by atoms with Crippen LogP contribution in [0, 0.1) is 0 Å². The van der Waals surface area contributed by atoms with Crippen molar-refractivity contribution in [3.05, 3.63) is 24.3 Å². The summed E-state index contributed by atoms with van der Waals surface area (Å²) in [5.41, 5.74) is 0. The van der Waals surface area contributed by atoms with Crippen molar-refractivity contribution in [3.8, 4) is 0 Å². The molecule has 0 aliphatic heterocycles. The molecule has 1 rings (SSSR count). The molecule has 0 N–H and O–H groups in total. The molecule has 0 bridgehead atoms. The smallest absolute Gasteiger partial charge is 0.129 e. The number of alkyl halides is 1. The fraction of sp³-hybridized carbons (Fsp3) is 0.429. The first kappa shape index (κ1) is 7.66. The molecule has 1 aromatic rings. The lowest BCUT2D eigenvalue weighted by Gasteiger charge is -1.98. The van der Waals surface area contributed by atoms with Crippen LogP contribution in [0.5, 0.6) is 0 Å². The summed E-state index contributed by atoms with van der Waals surface area (Å²) in [7, 11) is 0. The zero-order chi connectivity index (χ0) is 7.40. The number of rotatable bonds is 2. The monoisotopic (exact) mass is 200 g/mol. The summed E-state index contributed by atoms with van der Waals surface area (Å²) in [6.07, 6.45) is 4.41. The van der Waals surface area contributed by atoms with E-state index in [0.717, 1.165) is 12.2 Å². The molecule has 0 saturated carbocycles. The molecule has 10 heavy (non-hydrogen) atoms. The summed E-state index contributed by atoms with van der Waals surface area (Å²) < 4.78 is 0. The number of hydrogen-bond donors (Lipinski definition) is 0. The normalized spacial score (nSPS) is 13.0. The molecule has 0 radical (unpaired) electrons. The maximum absolute atomic E-state index is 4.08. The summed E-state index contributed by atoms with van der Waals surface area (Å²) in [6, 6.07) is 1.82. The Morgan fingerprint density at radius 1 is 1.50 bits per heavy atom. The summed E-state index contributed by atoms with van der Waals surface area (Å²) >= 11 is 3.43. The minimum atomic E-state index is 0.454. The first-order chi connectivity index (χ1) is 4.79. The molecule has 0 aliphatic rings. The van der Waals surface area contributed by atoms with E-state index in [2.05, 4.69) is 32.8 Å². The van der Waals surface area contributed by atoms with Crippen molar-refractivity contribution in [2.24, 2.45) is 0 Å². The van der Waals surface area contributed by atoms with Gasteiger partial charge in [0.1, 0.15) is 5.82 Å². The molecule has 54 valence electrons. The number of halogens is 1. The zero-order valence-corrected chi connectivity index (χ0v) is 7.37. The third-order valence-corrected chi connectivity index (χ3v) is 1.41. The van der Waals surface area contributed by atoms with Crippen LogP contribution in [-0.4, -0.2) is 14.8 Å². The van der Waals surface area contributed by atoms with E-state index in [-0.39, 0.29) is 0 Å². The van der Waals surface area contributed by atoms with E-state index in [1.165, 1.54) is 0 Å². The van der Waals surface area contributed by atoms with Crippen molar-refractivity contribution in [1.82, 2.24) is 9.97 Å². The van der Waals surface area contributed by atoms with Crippen molar-refractivity contribution in [3.63, 3.8) is 0 Å². The lowest BCUT2D eigenvalue weighted by atomic mass is 10.3. The fourth-order valence-electron chi connectivity index (χ4n) is 0.687. The average molecular weight is 201 g/mol. The number of nitrogens with zero attached hydrogens (tertiary/aromatic N) is 2. The van der Waals surface area contributed by atoms with Gasteiger partial charge in [-0.1, -0.05) is 22.9 Å². The van der Waals surface area contributed by atoms with Crippen molar-refractivity contribution < 1.29 is 0 Å². The van der Waals surface area contributed by atoms with Crippen LogP contribution in [0.1, 0.15) is 12.7 Å². The lowest BCUT2D eigenvalue weighted by Crippen LogP contribution is -2.00. The van der Waals surface area contributed by atoms with Crippen LogP contribution in [0.25, 0.3) is 0 Å². The van der Waals surface area contributed by atoms with E-state index >= 15 is 0 Å². The largest absolute Gasteiger partial charge is 0.241 e. The molecular weight excluding hydrogens is 192 g/mol. The summed E-state index contributed by atoms with van der Waals surface area (Å²) in [5.74, 6) is 0.895. The molecule has 0 aliphatic carbocycles. The van der Waals surface area contributed by atoms with Gasteiger partial charge in [-0.2, -0.15) is 0 Å². The summed E-state index contributed by atoms with van der Waals surface area (Å²) in [5, 5.41) is 0. The molecule has 1 unspecified atom stereocenters. The number of aromatic nitrogens is 2. The van der Waals surface area contributed by atoms with Gasteiger partial charge >= 0.3 is 0 Å². The molecule has 0 saturated heterocycles. The van der Waals surface area contributed by atoms with Crippen molar-refractivity contribution in [2.45, 2.75) is 18.2 Å². The molecule has 1 atom stereocenters. The first-order valence-corrected chi connectivity index (χ1v) is 4.10. The number of hydrogen-bond acceptors (Lipinski definition) is 2. The van der Waals surface area contributed by atoms with Gasteiger partial charge in [-0.25, -0.2) is 9.97 Å². The molecule has 3 heteroatoms. The van der Waals surface area contributed by atoms with Gasteiger partial charge in [0, 0.05) is 23.6 Å². The second kappa shape index (κ2) is 3.66. The second-order valence-electron chi connectivity index (χ2n) is 2.15. The highest BCUT2D eigenvalue weighted by Gasteiger charge is 1.98. The quantitative estimate of drug-likeness (QED) is 0.682. The van der Waals surface area contributed by atoms with Crippen LogP contribution in [0.3, 0.4) is 0 Å².